The molecule has 1 heterocycles. The van der Waals surface area contributed by atoms with Crippen LogP contribution in [-0.2, 0) is 22.3 Å². The Morgan fingerprint density at radius 3 is 2.12 bits per heavy atom. The number of carboxylic acid groups (broad SMARTS) is 1. The van der Waals surface area contributed by atoms with Gasteiger partial charge in [-0.15, -0.1) is 0 Å². The first-order valence-corrected chi connectivity index (χ1v) is 7.31. The molecule has 1 aliphatic rings. The van der Waals surface area contributed by atoms with Crippen LogP contribution in [0.5, 0.6) is 0 Å². The first kappa shape index (κ1) is 18.0. The predicted octanol–water partition coefficient (Wildman–Crippen LogP) is 3.90. The largest absolute Gasteiger partial charge is 0.478 e. The summed E-state index contributed by atoms with van der Waals surface area (Å²) in [5.41, 5.74) is -3.24. The number of aromatic nitrogens is 2. The highest BCUT2D eigenvalue weighted by atomic mass is 19.4. The molecule has 0 unspecified atom stereocenters. The van der Waals surface area contributed by atoms with E-state index in [-0.39, 0.29) is 11.5 Å². The number of carboxylic acids is 1. The van der Waals surface area contributed by atoms with Crippen molar-refractivity contribution < 1.29 is 36.4 Å². The first-order valence-electron chi connectivity index (χ1n) is 7.31. The maximum atomic E-state index is 14.5. The summed E-state index contributed by atoms with van der Waals surface area (Å²) >= 11 is 0. The van der Waals surface area contributed by atoms with Crippen LogP contribution in [0.1, 0.15) is 35.7 Å². The number of benzene rings is 1. The maximum Gasteiger partial charge on any atom is 0.416 e. The van der Waals surface area contributed by atoms with Gasteiger partial charge in [0, 0.05) is 11.1 Å². The topological polar surface area (TPSA) is 76.2 Å². The molecule has 0 amide bonds. The van der Waals surface area contributed by atoms with E-state index in [1.165, 1.54) is 0 Å². The van der Waals surface area contributed by atoms with Gasteiger partial charge in [0.2, 0.25) is 11.7 Å². The zero-order valence-corrected chi connectivity index (χ0v) is 13.0. The third kappa shape index (κ3) is 2.85. The number of rotatable bonds is 5. The average Bonchev–Trinajstić information content (AvgIpc) is 3.21. The van der Waals surface area contributed by atoms with Crippen LogP contribution in [0.2, 0.25) is 0 Å². The molecule has 1 fully saturated rings. The second kappa shape index (κ2) is 5.61. The molecular weight excluding hydrogens is 363 g/mol. The minimum absolute atomic E-state index is 0.245. The SMILES string of the molecule is C=C(C(=O)O)C1(c2nc(C(F)(F)c3ccc(C(F)(F)F)cc3)no2)CC1. The molecule has 0 bridgehead atoms. The van der Waals surface area contributed by atoms with Gasteiger partial charge in [0.15, 0.2) is 0 Å². The van der Waals surface area contributed by atoms with Gasteiger partial charge < -0.3 is 9.63 Å². The van der Waals surface area contributed by atoms with Crippen LogP contribution in [-0.4, -0.2) is 21.2 Å². The Balaban J connectivity index is 1.91. The molecule has 2 aromatic rings. The van der Waals surface area contributed by atoms with Crippen LogP contribution in [0.4, 0.5) is 22.0 Å². The first-order chi connectivity index (χ1) is 12.0. The summed E-state index contributed by atoms with van der Waals surface area (Å²) in [6.45, 7) is 3.41. The zero-order chi connectivity index (χ0) is 19.3. The molecule has 3 rings (SSSR count). The quantitative estimate of drug-likeness (QED) is 0.635. The predicted molar refractivity (Wildman–Crippen MR) is 76.4 cm³/mol. The van der Waals surface area contributed by atoms with E-state index < -0.39 is 40.4 Å². The summed E-state index contributed by atoms with van der Waals surface area (Å²) < 4.78 is 71.4. The van der Waals surface area contributed by atoms with Crippen molar-refractivity contribution in [2.75, 3.05) is 0 Å². The minimum Gasteiger partial charge on any atom is -0.478 e. The molecule has 5 nitrogen and oxygen atoms in total. The molecule has 1 saturated carbocycles. The van der Waals surface area contributed by atoms with E-state index in [9.17, 15) is 26.7 Å². The maximum absolute atomic E-state index is 14.5. The van der Waals surface area contributed by atoms with Crippen molar-refractivity contribution in [1.29, 1.82) is 0 Å². The molecule has 1 aliphatic carbocycles. The molecular formula is C16H11F5N2O3. The van der Waals surface area contributed by atoms with Crippen LogP contribution in [0.3, 0.4) is 0 Å². The smallest absolute Gasteiger partial charge is 0.416 e. The highest BCUT2D eigenvalue weighted by Crippen LogP contribution is 2.53. The van der Waals surface area contributed by atoms with Crippen LogP contribution in [0, 0.1) is 0 Å². The van der Waals surface area contributed by atoms with Gasteiger partial charge in [0.05, 0.1) is 11.0 Å². The zero-order valence-electron chi connectivity index (χ0n) is 13.0. The summed E-state index contributed by atoms with van der Waals surface area (Å²) in [5, 5.41) is 12.2. The van der Waals surface area contributed by atoms with Gasteiger partial charge >= 0.3 is 18.1 Å². The van der Waals surface area contributed by atoms with Gasteiger partial charge in [0.1, 0.15) is 0 Å². The average molecular weight is 374 g/mol. The summed E-state index contributed by atoms with van der Waals surface area (Å²) in [6.07, 6.45) is -4.03. The lowest BCUT2D eigenvalue weighted by Crippen LogP contribution is -2.20. The van der Waals surface area contributed by atoms with Gasteiger partial charge in [0.25, 0.3) is 0 Å². The fourth-order valence-electron chi connectivity index (χ4n) is 2.52. The molecule has 0 atom stereocenters. The van der Waals surface area contributed by atoms with Crippen molar-refractivity contribution in [3.63, 3.8) is 0 Å². The van der Waals surface area contributed by atoms with Crippen molar-refractivity contribution in [3.8, 4) is 0 Å². The van der Waals surface area contributed by atoms with E-state index in [0.717, 1.165) is 0 Å². The number of nitrogens with zero attached hydrogens (tertiary/aromatic N) is 2. The Bertz CT molecular complexity index is 867. The van der Waals surface area contributed by atoms with Crippen molar-refractivity contribution >= 4 is 5.97 Å². The molecule has 26 heavy (non-hydrogen) atoms. The Morgan fingerprint density at radius 1 is 1.12 bits per heavy atom. The van der Waals surface area contributed by atoms with Gasteiger partial charge in [-0.2, -0.15) is 26.9 Å². The summed E-state index contributed by atoms with van der Waals surface area (Å²) in [4.78, 5) is 14.7. The lowest BCUT2D eigenvalue weighted by molar-refractivity contribution is -0.137. The van der Waals surface area contributed by atoms with Crippen LogP contribution in [0.25, 0.3) is 0 Å². The van der Waals surface area contributed by atoms with E-state index in [2.05, 4.69) is 16.7 Å². The van der Waals surface area contributed by atoms with E-state index in [1.54, 1.807) is 0 Å². The molecule has 1 N–H and O–H groups in total. The molecule has 1 aromatic carbocycles. The monoisotopic (exact) mass is 374 g/mol. The van der Waals surface area contributed by atoms with Crippen LogP contribution in [0.15, 0.2) is 40.9 Å². The van der Waals surface area contributed by atoms with E-state index in [1.807, 2.05) is 0 Å². The second-order valence-electron chi connectivity index (χ2n) is 5.94. The van der Waals surface area contributed by atoms with E-state index in [0.29, 0.717) is 37.1 Å². The normalized spacial score (nSPS) is 16.3. The molecule has 0 aliphatic heterocycles. The Hall–Kier alpha value is -2.78. The second-order valence-corrected chi connectivity index (χ2v) is 5.94. The van der Waals surface area contributed by atoms with Gasteiger partial charge in [-0.25, -0.2) is 4.79 Å². The molecule has 138 valence electrons. The number of aliphatic carboxylic acids is 1. The van der Waals surface area contributed by atoms with Crippen molar-refractivity contribution in [2.45, 2.75) is 30.4 Å². The molecule has 10 heteroatoms. The fraction of sp³-hybridized carbons (Fsp3) is 0.312. The van der Waals surface area contributed by atoms with Gasteiger partial charge in [-0.05, 0) is 25.0 Å². The highest BCUT2D eigenvalue weighted by molar-refractivity contribution is 5.89. The molecule has 1 aromatic heterocycles. The summed E-state index contributed by atoms with van der Waals surface area (Å²) in [7, 11) is 0. The molecule has 0 radical (unpaired) electrons. The molecule has 0 saturated heterocycles. The fourth-order valence-corrected chi connectivity index (χ4v) is 2.52. The van der Waals surface area contributed by atoms with Gasteiger partial charge in [-0.1, -0.05) is 23.9 Å². The summed E-state index contributed by atoms with van der Waals surface area (Å²) in [6, 6.07) is 2.31. The van der Waals surface area contributed by atoms with Crippen molar-refractivity contribution in [2.24, 2.45) is 0 Å². The van der Waals surface area contributed by atoms with Crippen LogP contribution >= 0.6 is 0 Å². The van der Waals surface area contributed by atoms with E-state index in [4.69, 9.17) is 9.63 Å². The standard InChI is InChI=1S/C16H11F5N2O3/c1-8(11(24)25)14(6-7-14)13-22-12(23-26-13)15(17,18)9-2-4-10(5-3-9)16(19,20)21/h2-5H,1,6-7H2,(H,24,25). The van der Waals surface area contributed by atoms with E-state index >= 15 is 0 Å². The number of carbonyl (C=O) groups is 1. The minimum atomic E-state index is -4.65. The Morgan fingerprint density at radius 2 is 1.65 bits per heavy atom. The van der Waals surface area contributed by atoms with Crippen molar-refractivity contribution in [3.05, 3.63) is 59.3 Å². The highest BCUT2D eigenvalue weighted by Gasteiger charge is 2.55. The molecule has 0 spiro atoms. The Kier molecular flexibility index (Phi) is 3.89. The van der Waals surface area contributed by atoms with Crippen molar-refractivity contribution in [1.82, 2.24) is 10.1 Å². The lowest BCUT2D eigenvalue weighted by Gasteiger charge is -2.14. The number of alkyl halides is 5. The summed E-state index contributed by atoms with van der Waals surface area (Å²) in [5.74, 6) is -6.48. The van der Waals surface area contributed by atoms with Gasteiger partial charge in [-0.3, -0.25) is 0 Å². The third-order valence-electron chi connectivity index (χ3n) is 4.28. The van der Waals surface area contributed by atoms with Crippen LogP contribution < -0.4 is 0 Å². The number of hydrogen-bond acceptors (Lipinski definition) is 4. The third-order valence-corrected chi connectivity index (χ3v) is 4.28. The number of halogens is 5. The lowest BCUT2D eigenvalue weighted by atomic mass is 9.97. The Labute approximate surface area is 143 Å². The number of hydrogen-bond donors (Lipinski definition) is 1.